The molecule has 0 aromatic heterocycles. The second-order valence-corrected chi connectivity index (χ2v) is 16.2. The van der Waals surface area contributed by atoms with Crippen LogP contribution >= 0.6 is 0 Å². The lowest BCUT2D eigenvalue weighted by Gasteiger charge is -2.17. The first kappa shape index (κ1) is 70.1. The van der Waals surface area contributed by atoms with Gasteiger partial charge in [-0.3, -0.25) is 14.4 Å². The molecule has 0 bridgehead atoms. The molecule has 0 radical (unpaired) electrons. The van der Waals surface area contributed by atoms with Gasteiger partial charge in [-0.1, -0.05) is 153 Å². The molecule has 0 aromatic carbocycles. The van der Waals surface area contributed by atoms with E-state index in [9.17, 15) is 14.4 Å². The Morgan fingerprint density at radius 2 is 0.726 bits per heavy atom. The van der Waals surface area contributed by atoms with Crippen molar-refractivity contribution in [2.75, 3.05) is 34.5 Å². The van der Waals surface area contributed by atoms with Gasteiger partial charge in [0.1, 0.15) is 0 Å². The van der Waals surface area contributed by atoms with Crippen LogP contribution in [0.5, 0.6) is 0 Å². The zero-order valence-corrected chi connectivity index (χ0v) is 42.1. The number of unbranched alkanes of at least 4 members (excludes halogenated alkanes) is 16. The summed E-state index contributed by atoms with van der Waals surface area (Å²) in [4.78, 5) is 47.8. The van der Waals surface area contributed by atoms with Gasteiger partial charge in [0.05, 0.1) is 65.0 Å². The Bertz CT molecular complexity index is 1090. The molecular formula is C52H96O10. The largest absolute Gasteiger partial charge is 0.469 e. The highest BCUT2D eigenvalue weighted by molar-refractivity contribution is 5.71. The smallest absolute Gasteiger partial charge is 0.373 e. The van der Waals surface area contributed by atoms with Crippen molar-refractivity contribution in [3.63, 3.8) is 0 Å². The molecule has 0 spiro atoms. The van der Waals surface area contributed by atoms with Crippen LogP contribution in [-0.2, 0) is 47.7 Å². The minimum absolute atomic E-state index is 0.00847. The van der Waals surface area contributed by atoms with Crippen molar-refractivity contribution < 1.29 is 47.7 Å². The molecule has 0 atom stereocenters. The summed E-state index contributed by atoms with van der Waals surface area (Å²) in [6.07, 6.45) is 41.6. The van der Waals surface area contributed by atoms with Gasteiger partial charge in [-0.25, -0.2) is 0 Å². The molecule has 0 unspecified atom stereocenters. The second kappa shape index (κ2) is 59.5. The Morgan fingerprint density at radius 3 is 0.984 bits per heavy atom. The van der Waals surface area contributed by atoms with Crippen molar-refractivity contribution in [2.24, 2.45) is 0 Å². The number of allylic oxidation sites excluding steroid dienone is 3. The SMILES string of the molecule is C=CCC(=O)OC.C=CCOC(C)(C)C.CCCCCCCC=CCC(=O)OC.CCCCCCCC=CCOC(C)(C)C.CCCCCCCCC=CCC(=O)OC.O=C=O. The quantitative estimate of drug-likeness (QED) is 0.0309. The Balaban J connectivity index is -0.000000159. The monoisotopic (exact) mass is 881 g/mol. The van der Waals surface area contributed by atoms with Gasteiger partial charge in [-0.15, -0.1) is 13.2 Å². The van der Waals surface area contributed by atoms with E-state index in [1.807, 2.05) is 32.9 Å². The van der Waals surface area contributed by atoms with Crippen molar-refractivity contribution in [1.82, 2.24) is 0 Å². The molecule has 10 heteroatoms. The lowest BCUT2D eigenvalue weighted by molar-refractivity contribution is -0.191. The first-order valence-corrected chi connectivity index (χ1v) is 23.1. The molecule has 0 aliphatic carbocycles. The van der Waals surface area contributed by atoms with Crippen LogP contribution in [0.25, 0.3) is 0 Å². The molecule has 10 nitrogen and oxygen atoms in total. The maximum Gasteiger partial charge on any atom is 0.373 e. The highest BCUT2D eigenvalue weighted by Crippen LogP contribution is 2.09. The van der Waals surface area contributed by atoms with Crippen molar-refractivity contribution in [1.29, 1.82) is 0 Å². The molecule has 0 rings (SSSR count). The van der Waals surface area contributed by atoms with Gasteiger partial charge >= 0.3 is 24.1 Å². The van der Waals surface area contributed by atoms with Crippen LogP contribution in [0.15, 0.2) is 61.8 Å². The van der Waals surface area contributed by atoms with Crippen LogP contribution in [0, 0.1) is 0 Å². The molecule has 0 aliphatic heterocycles. The first-order valence-electron chi connectivity index (χ1n) is 23.1. The predicted octanol–water partition coefficient (Wildman–Crippen LogP) is 14.2. The van der Waals surface area contributed by atoms with Crippen LogP contribution < -0.4 is 0 Å². The summed E-state index contributed by atoms with van der Waals surface area (Å²) in [7, 11) is 4.19. The average Bonchev–Trinajstić information content (AvgIpc) is 3.23. The number of ether oxygens (including phenoxy) is 5. The second-order valence-electron chi connectivity index (χ2n) is 16.2. The van der Waals surface area contributed by atoms with E-state index in [-0.39, 0.29) is 35.3 Å². The molecule has 0 aromatic rings. The summed E-state index contributed by atoms with van der Waals surface area (Å²) in [6, 6.07) is 0. The minimum Gasteiger partial charge on any atom is -0.469 e. The topological polar surface area (TPSA) is 132 Å². The van der Waals surface area contributed by atoms with Gasteiger partial charge in [-0.2, -0.15) is 9.59 Å². The summed E-state index contributed by atoms with van der Waals surface area (Å²) in [6.45, 7) is 27.3. The van der Waals surface area contributed by atoms with Gasteiger partial charge in [-0.05, 0) is 80.1 Å². The molecule has 0 amide bonds. The zero-order chi connectivity index (χ0) is 48.6. The molecule has 0 aliphatic rings. The molecule has 0 saturated carbocycles. The molecule has 364 valence electrons. The van der Waals surface area contributed by atoms with E-state index in [4.69, 9.17) is 19.1 Å². The Morgan fingerprint density at radius 1 is 0.435 bits per heavy atom. The third kappa shape index (κ3) is 91.9. The molecule has 0 heterocycles. The summed E-state index contributed by atoms with van der Waals surface area (Å²) < 4.78 is 24.2. The van der Waals surface area contributed by atoms with E-state index >= 15 is 0 Å². The number of carbonyl (C=O) groups excluding carboxylic acids is 5. The average molecular weight is 881 g/mol. The fourth-order valence-electron chi connectivity index (χ4n) is 4.53. The number of hydrogen-bond donors (Lipinski definition) is 0. The summed E-state index contributed by atoms with van der Waals surface area (Å²) in [5.41, 5.74) is -0.0281. The fourth-order valence-corrected chi connectivity index (χ4v) is 4.53. The normalized spacial score (nSPS) is 10.5. The molecular weight excluding hydrogens is 785 g/mol. The van der Waals surface area contributed by atoms with E-state index in [0.717, 1.165) is 19.4 Å². The number of carbonyl (C=O) groups is 3. The van der Waals surface area contributed by atoms with Crippen LogP contribution in [0.1, 0.15) is 204 Å². The fraction of sp³-hybridized carbons (Fsp3) is 0.731. The third-order valence-electron chi connectivity index (χ3n) is 7.98. The van der Waals surface area contributed by atoms with E-state index < -0.39 is 0 Å². The maximum absolute atomic E-state index is 10.7. The molecule has 0 saturated heterocycles. The summed E-state index contributed by atoms with van der Waals surface area (Å²) in [5, 5.41) is 0. The summed E-state index contributed by atoms with van der Waals surface area (Å²) >= 11 is 0. The molecule has 0 fully saturated rings. The zero-order valence-electron chi connectivity index (χ0n) is 42.1. The number of rotatable bonds is 29. The molecule has 62 heavy (non-hydrogen) atoms. The minimum atomic E-state index is -0.241. The van der Waals surface area contributed by atoms with Crippen LogP contribution in [0.4, 0.5) is 0 Å². The Kier molecular flexibility index (Phi) is 67.3. The van der Waals surface area contributed by atoms with E-state index in [2.05, 4.69) is 93.2 Å². The van der Waals surface area contributed by atoms with Crippen LogP contribution in [-0.4, -0.2) is 69.8 Å². The van der Waals surface area contributed by atoms with Crippen molar-refractivity contribution in [3.05, 3.63) is 61.8 Å². The number of hydrogen-bond acceptors (Lipinski definition) is 10. The van der Waals surface area contributed by atoms with E-state index in [0.29, 0.717) is 25.9 Å². The molecule has 0 N–H and O–H groups in total. The van der Waals surface area contributed by atoms with Gasteiger partial charge in [0.15, 0.2) is 0 Å². The van der Waals surface area contributed by atoms with Crippen molar-refractivity contribution in [2.45, 2.75) is 215 Å². The maximum atomic E-state index is 10.7. The highest BCUT2D eigenvalue weighted by atomic mass is 16.5. The lowest BCUT2D eigenvalue weighted by Crippen LogP contribution is -2.18. The van der Waals surface area contributed by atoms with Gasteiger partial charge in [0, 0.05) is 0 Å². The van der Waals surface area contributed by atoms with Crippen LogP contribution in [0.2, 0.25) is 0 Å². The Labute approximate surface area is 381 Å². The summed E-state index contributed by atoms with van der Waals surface area (Å²) in [5.74, 6) is -0.559. The van der Waals surface area contributed by atoms with E-state index in [1.54, 1.807) is 6.08 Å². The first-order chi connectivity index (χ1) is 29.5. The number of esters is 3. The van der Waals surface area contributed by atoms with E-state index in [1.165, 1.54) is 137 Å². The van der Waals surface area contributed by atoms with Crippen LogP contribution in [0.3, 0.4) is 0 Å². The van der Waals surface area contributed by atoms with Gasteiger partial charge in [0.25, 0.3) is 0 Å². The number of methoxy groups -OCH3 is 3. The standard InChI is InChI=1S/C14H28O.C13H24O2.C12H22O2.C7H14O.C5H8O2.CO2/c1-5-6-7-8-9-10-11-12-13-15-14(2,3)4;1-3-4-5-6-7-8-9-10-11-12-13(14)15-2;1-3-4-5-6-7-8-9-10-11-12(13)14-2;1-5-6-8-7(2,3)4;1-3-4-5(6)7-2;2-1-3/h11-12H,5-10,13H2,1-4H3;10-11H,3-9,12H2,1-2H3;9-10H,3-8,11H2,1-2H3;5H,1,6H2,2-4H3;3H,1,4H2,2H3;. The van der Waals surface area contributed by atoms with Crippen molar-refractivity contribution >= 4 is 24.1 Å². The van der Waals surface area contributed by atoms with Crippen molar-refractivity contribution in [3.8, 4) is 0 Å². The van der Waals surface area contributed by atoms with Gasteiger partial charge < -0.3 is 23.7 Å². The predicted molar refractivity (Wildman–Crippen MR) is 259 cm³/mol. The lowest BCUT2D eigenvalue weighted by atomic mass is 10.1. The third-order valence-corrected chi connectivity index (χ3v) is 7.98. The highest BCUT2D eigenvalue weighted by Gasteiger charge is 2.08. The Hall–Kier alpha value is -3.59. The van der Waals surface area contributed by atoms with Gasteiger partial charge in [0.2, 0.25) is 0 Å².